The van der Waals surface area contributed by atoms with Crippen LogP contribution in [0.4, 0.5) is 4.39 Å². The molecule has 1 saturated carbocycles. The highest BCUT2D eigenvalue weighted by molar-refractivity contribution is 14.0. The van der Waals surface area contributed by atoms with Gasteiger partial charge < -0.3 is 10.6 Å². The van der Waals surface area contributed by atoms with Gasteiger partial charge in [0.05, 0.1) is 0 Å². The number of rotatable bonds is 7. The Labute approximate surface area is 184 Å². The summed E-state index contributed by atoms with van der Waals surface area (Å²) >= 11 is 0. The van der Waals surface area contributed by atoms with Crippen molar-refractivity contribution in [2.24, 2.45) is 10.9 Å². The van der Waals surface area contributed by atoms with E-state index in [4.69, 9.17) is 0 Å². The predicted octanol–water partition coefficient (Wildman–Crippen LogP) is 4.48. The minimum atomic E-state index is -0.115. The Kier molecular flexibility index (Phi) is 8.22. The molecule has 0 saturated heterocycles. The third-order valence-corrected chi connectivity index (χ3v) is 5.52. The van der Waals surface area contributed by atoms with E-state index in [-0.39, 0.29) is 35.2 Å². The zero-order chi connectivity index (χ0) is 19.3. The van der Waals surface area contributed by atoms with Crippen LogP contribution in [0.25, 0.3) is 0 Å². The van der Waals surface area contributed by atoms with Gasteiger partial charge in [0, 0.05) is 43.9 Å². The first kappa shape index (κ1) is 22.6. The van der Waals surface area contributed by atoms with Gasteiger partial charge in [-0.1, -0.05) is 38.1 Å². The minimum absolute atomic E-state index is 0. The molecule has 2 N–H and O–H groups in total. The van der Waals surface area contributed by atoms with Crippen LogP contribution in [0.15, 0.2) is 53.8 Å². The standard InChI is InChI=1S/C22H29FN4.HI/c1-16(2)18(17-7-6-12-25-13-17)14-26-21(24-3)27-15-22(10-11-22)19-8-4-5-9-20(19)23;/h4-9,12-13,16,18H,10-11,14-15H2,1-3H3,(H2,24,26,27);1H. The first-order valence-corrected chi connectivity index (χ1v) is 9.65. The smallest absolute Gasteiger partial charge is 0.191 e. The van der Waals surface area contributed by atoms with Crippen LogP contribution in [0.2, 0.25) is 0 Å². The predicted molar refractivity (Wildman–Crippen MR) is 124 cm³/mol. The van der Waals surface area contributed by atoms with Crippen LogP contribution in [0.5, 0.6) is 0 Å². The summed E-state index contributed by atoms with van der Waals surface area (Å²) in [5.74, 6) is 1.47. The summed E-state index contributed by atoms with van der Waals surface area (Å²) in [7, 11) is 1.77. The zero-order valence-corrected chi connectivity index (χ0v) is 19.1. The van der Waals surface area contributed by atoms with Crippen molar-refractivity contribution in [1.82, 2.24) is 15.6 Å². The lowest BCUT2D eigenvalue weighted by atomic mass is 9.89. The fourth-order valence-corrected chi connectivity index (χ4v) is 3.60. The number of aliphatic imine (C=N–C) groups is 1. The van der Waals surface area contributed by atoms with Crippen LogP contribution in [0.3, 0.4) is 0 Å². The van der Waals surface area contributed by atoms with Crippen molar-refractivity contribution >= 4 is 29.9 Å². The third kappa shape index (κ3) is 5.43. The van der Waals surface area contributed by atoms with Crippen molar-refractivity contribution in [2.45, 2.75) is 38.0 Å². The lowest BCUT2D eigenvalue weighted by molar-refractivity contribution is 0.485. The van der Waals surface area contributed by atoms with Gasteiger partial charge in [0.15, 0.2) is 5.96 Å². The Hall–Kier alpha value is -1.70. The molecule has 1 aromatic carbocycles. The summed E-state index contributed by atoms with van der Waals surface area (Å²) in [6.45, 7) is 5.89. The lowest BCUT2D eigenvalue weighted by Crippen LogP contribution is -2.43. The van der Waals surface area contributed by atoms with E-state index in [9.17, 15) is 4.39 Å². The summed E-state index contributed by atoms with van der Waals surface area (Å²) < 4.78 is 14.2. The van der Waals surface area contributed by atoms with Crippen LogP contribution >= 0.6 is 24.0 Å². The zero-order valence-electron chi connectivity index (χ0n) is 16.8. The average Bonchev–Trinajstić information content (AvgIpc) is 3.46. The van der Waals surface area contributed by atoms with Crippen molar-refractivity contribution in [1.29, 1.82) is 0 Å². The van der Waals surface area contributed by atoms with E-state index in [1.54, 1.807) is 25.4 Å². The Morgan fingerprint density at radius 3 is 2.50 bits per heavy atom. The minimum Gasteiger partial charge on any atom is -0.356 e. The van der Waals surface area contributed by atoms with Gasteiger partial charge in [0.1, 0.15) is 5.82 Å². The number of hydrogen-bond donors (Lipinski definition) is 2. The van der Waals surface area contributed by atoms with Crippen molar-refractivity contribution in [2.75, 3.05) is 20.1 Å². The van der Waals surface area contributed by atoms with Crippen LogP contribution in [-0.4, -0.2) is 31.1 Å². The highest BCUT2D eigenvalue weighted by atomic mass is 127. The molecule has 6 heteroatoms. The molecule has 1 fully saturated rings. The number of pyridine rings is 1. The van der Waals surface area contributed by atoms with Gasteiger partial charge in [-0.05, 0) is 42.0 Å². The summed E-state index contributed by atoms with van der Waals surface area (Å²) in [4.78, 5) is 8.59. The van der Waals surface area contributed by atoms with E-state index in [1.165, 1.54) is 5.56 Å². The summed E-state index contributed by atoms with van der Waals surface area (Å²) in [6.07, 6.45) is 5.73. The largest absolute Gasteiger partial charge is 0.356 e. The molecule has 0 spiro atoms. The van der Waals surface area contributed by atoms with Gasteiger partial charge in [-0.2, -0.15) is 0 Å². The number of nitrogens with zero attached hydrogens (tertiary/aromatic N) is 2. The number of benzene rings is 1. The van der Waals surface area contributed by atoms with Crippen LogP contribution < -0.4 is 10.6 Å². The van der Waals surface area contributed by atoms with Gasteiger partial charge in [0.2, 0.25) is 0 Å². The molecule has 1 aliphatic rings. The topological polar surface area (TPSA) is 49.3 Å². The molecular weight excluding hydrogens is 466 g/mol. The van der Waals surface area contributed by atoms with Crippen molar-refractivity contribution in [3.8, 4) is 0 Å². The van der Waals surface area contributed by atoms with E-state index in [1.807, 2.05) is 24.4 Å². The van der Waals surface area contributed by atoms with E-state index in [0.29, 0.717) is 18.4 Å². The molecule has 1 aliphatic carbocycles. The van der Waals surface area contributed by atoms with E-state index < -0.39 is 0 Å². The third-order valence-electron chi connectivity index (χ3n) is 5.52. The number of halogens is 2. The molecule has 1 atom stereocenters. The summed E-state index contributed by atoms with van der Waals surface area (Å²) in [6, 6.07) is 11.2. The highest BCUT2D eigenvalue weighted by Crippen LogP contribution is 2.48. The molecule has 0 radical (unpaired) electrons. The first-order chi connectivity index (χ1) is 13.1. The number of hydrogen-bond acceptors (Lipinski definition) is 2. The Balaban J connectivity index is 0.00000280. The molecule has 0 amide bonds. The molecule has 3 rings (SSSR count). The number of guanidine groups is 1. The summed E-state index contributed by atoms with van der Waals surface area (Å²) in [5, 5.41) is 6.83. The van der Waals surface area contributed by atoms with E-state index >= 15 is 0 Å². The van der Waals surface area contributed by atoms with Crippen LogP contribution in [0, 0.1) is 11.7 Å². The molecule has 1 unspecified atom stereocenters. The van der Waals surface area contributed by atoms with Gasteiger partial charge in [-0.25, -0.2) is 4.39 Å². The molecule has 0 aliphatic heterocycles. The lowest BCUT2D eigenvalue weighted by Gasteiger charge is -2.24. The molecule has 1 aromatic heterocycles. The second-order valence-corrected chi connectivity index (χ2v) is 7.70. The molecule has 152 valence electrons. The maximum Gasteiger partial charge on any atom is 0.191 e. The van der Waals surface area contributed by atoms with Gasteiger partial charge in [-0.3, -0.25) is 9.98 Å². The summed E-state index contributed by atoms with van der Waals surface area (Å²) in [5.41, 5.74) is 1.92. The van der Waals surface area contributed by atoms with E-state index in [2.05, 4.69) is 40.5 Å². The van der Waals surface area contributed by atoms with Crippen molar-refractivity contribution < 1.29 is 4.39 Å². The molecule has 28 heavy (non-hydrogen) atoms. The van der Waals surface area contributed by atoms with Gasteiger partial charge in [-0.15, -0.1) is 24.0 Å². The second kappa shape index (κ2) is 10.2. The van der Waals surface area contributed by atoms with Crippen molar-refractivity contribution in [3.05, 3.63) is 65.7 Å². The van der Waals surface area contributed by atoms with Crippen LogP contribution in [-0.2, 0) is 5.41 Å². The normalized spacial score (nSPS) is 16.2. The monoisotopic (exact) mass is 496 g/mol. The average molecular weight is 496 g/mol. The maximum absolute atomic E-state index is 14.2. The van der Waals surface area contributed by atoms with Gasteiger partial charge >= 0.3 is 0 Å². The van der Waals surface area contributed by atoms with Crippen LogP contribution in [0.1, 0.15) is 43.7 Å². The molecule has 1 heterocycles. The van der Waals surface area contributed by atoms with Gasteiger partial charge in [0.25, 0.3) is 0 Å². The first-order valence-electron chi connectivity index (χ1n) is 9.65. The highest BCUT2D eigenvalue weighted by Gasteiger charge is 2.45. The second-order valence-electron chi connectivity index (χ2n) is 7.70. The Morgan fingerprint density at radius 1 is 1.18 bits per heavy atom. The fourth-order valence-electron chi connectivity index (χ4n) is 3.60. The number of aromatic nitrogens is 1. The molecule has 0 bridgehead atoms. The Bertz CT molecular complexity index is 775. The van der Waals surface area contributed by atoms with Crippen molar-refractivity contribution in [3.63, 3.8) is 0 Å². The quantitative estimate of drug-likeness (QED) is 0.338. The SMILES string of the molecule is CN=C(NCC(c1cccnc1)C(C)C)NCC1(c2ccccc2F)CC1.I. The molecule has 4 nitrogen and oxygen atoms in total. The van der Waals surface area contributed by atoms with E-state index in [0.717, 1.165) is 30.9 Å². The fraction of sp³-hybridized carbons (Fsp3) is 0.455. The number of nitrogens with one attached hydrogen (secondary N) is 2. The Morgan fingerprint density at radius 2 is 1.93 bits per heavy atom. The molecular formula is C22H30FIN4. The maximum atomic E-state index is 14.2. The molecule has 2 aromatic rings.